The van der Waals surface area contributed by atoms with Crippen LogP contribution in [0.3, 0.4) is 0 Å². The highest BCUT2D eigenvalue weighted by Gasteiger charge is 2.09. The van der Waals surface area contributed by atoms with Crippen LogP contribution in [0.15, 0.2) is 35.2 Å². The van der Waals surface area contributed by atoms with E-state index in [1.807, 2.05) is 24.7 Å². The molecule has 4 nitrogen and oxygen atoms in total. The van der Waals surface area contributed by atoms with Gasteiger partial charge in [-0.2, -0.15) is 0 Å². The molecule has 0 aliphatic rings. The molecule has 2 rings (SSSR count). The Kier molecular flexibility index (Phi) is 5.20. The number of hydrogen-bond donors (Lipinski definition) is 1. The Balaban J connectivity index is 2.14. The molecule has 0 aliphatic heterocycles. The average Bonchev–Trinajstić information content (AvgIpc) is 2.88. The minimum Gasteiger partial charge on any atom is -0.380 e. The molecular weight excluding hydrogens is 318 g/mol. The minimum atomic E-state index is 0.412. The lowest BCUT2D eigenvalue weighted by Crippen LogP contribution is -2.10. The van der Waals surface area contributed by atoms with Crippen molar-refractivity contribution < 1.29 is 4.74 Å². The molecule has 0 aliphatic carbocycles. The number of nitrogens with one attached hydrogen (secondary N) is 1. The molecule has 0 saturated carbocycles. The molecule has 0 fully saturated rings. The first-order valence-electron chi connectivity index (χ1n) is 6.64. The van der Waals surface area contributed by atoms with Crippen LogP contribution in [0.5, 0.6) is 0 Å². The van der Waals surface area contributed by atoms with Crippen molar-refractivity contribution in [2.45, 2.75) is 33.0 Å². The Bertz CT molecular complexity index is 566. The first kappa shape index (κ1) is 15.1. The monoisotopic (exact) mass is 337 g/mol. The number of nitrogens with zero attached hydrogens (tertiary/aromatic N) is 2. The van der Waals surface area contributed by atoms with Crippen molar-refractivity contribution in [1.29, 1.82) is 0 Å². The number of aromatic nitrogens is 2. The Morgan fingerprint density at radius 3 is 2.90 bits per heavy atom. The average molecular weight is 338 g/mol. The van der Waals surface area contributed by atoms with Gasteiger partial charge in [0.15, 0.2) is 0 Å². The van der Waals surface area contributed by atoms with Gasteiger partial charge in [0.25, 0.3) is 0 Å². The smallest absolute Gasteiger partial charge is 0.0951 e. The van der Waals surface area contributed by atoms with Crippen LogP contribution in [-0.2, 0) is 17.9 Å². The fourth-order valence-corrected chi connectivity index (χ4v) is 2.62. The topological polar surface area (TPSA) is 39.1 Å². The molecule has 2 aromatic rings. The standard InChI is InChI=1S/C15H20BrN3O/c1-11(2)19-10-17-7-12(19)8-18-15-6-4-5-14(16)13(15)9-20-3/h4-7,10-11,18H,8-9H2,1-3H3. The quantitative estimate of drug-likeness (QED) is 0.866. The van der Waals surface area contributed by atoms with E-state index >= 15 is 0 Å². The number of hydrogen-bond acceptors (Lipinski definition) is 3. The van der Waals surface area contributed by atoms with Crippen LogP contribution in [0.1, 0.15) is 31.1 Å². The fourth-order valence-electron chi connectivity index (χ4n) is 2.14. The van der Waals surface area contributed by atoms with Crippen LogP contribution in [0.2, 0.25) is 0 Å². The molecule has 0 saturated heterocycles. The van der Waals surface area contributed by atoms with Crippen LogP contribution in [0.25, 0.3) is 0 Å². The van der Waals surface area contributed by atoms with Gasteiger partial charge in [0.1, 0.15) is 0 Å². The van der Waals surface area contributed by atoms with Gasteiger partial charge in [0, 0.05) is 35.1 Å². The summed E-state index contributed by atoms with van der Waals surface area (Å²) in [7, 11) is 1.71. The molecule has 1 heterocycles. The lowest BCUT2D eigenvalue weighted by molar-refractivity contribution is 0.185. The van der Waals surface area contributed by atoms with E-state index in [-0.39, 0.29) is 0 Å². The van der Waals surface area contributed by atoms with Gasteiger partial charge in [-0.25, -0.2) is 4.98 Å². The third-order valence-electron chi connectivity index (χ3n) is 3.17. The summed E-state index contributed by atoms with van der Waals surface area (Å²) in [5, 5.41) is 3.47. The van der Waals surface area contributed by atoms with Crippen molar-refractivity contribution in [3.05, 3.63) is 46.5 Å². The Morgan fingerprint density at radius 1 is 1.40 bits per heavy atom. The second kappa shape index (κ2) is 6.90. The second-order valence-electron chi connectivity index (χ2n) is 4.94. The van der Waals surface area contributed by atoms with E-state index in [0.717, 1.165) is 22.3 Å². The van der Waals surface area contributed by atoms with E-state index in [9.17, 15) is 0 Å². The normalized spacial score (nSPS) is 11.1. The van der Waals surface area contributed by atoms with Gasteiger partial charge < -0.3 is 14.6 Å². The Morgan fingerprint density at radius 2 is 2.20 bits per heavy atom. The van der Waals surface area contributed by atoms with Crippen molar-refractivity contribution in [1.82, 2.24) is 9.55 Å². The van der Waals surface area contributed by atoms with Crippen LogP contribution in [-0.4, -0.2) is 16.7 Å². The van der Waals surface area contributed by atoms with Gasteiger partial charge in [-0.3, -0.25) is 0 Å². The summed E-state index contributed by atoms with van der Waals surface area (Å²) < 4.78 is 8.49. The first-order valence-corrected chi connectivity index (χ1v) is 7.43. The summed E-state index contributed by atoms with van der Waals surface area (Å²) in [4.78, 5) is 4.22. The molecule has 0 atom stereocenters. The van der Waals surface area contributed by atoms with Gasteiger partial charge >= 0.3 is 0 Å². The van der Waals surface area contributed by atoms with Crippen molar-refractivity contribution in [2.75, 3.05) is 12.4 Å². The van der Waals surface area contributed by atoms with E-state index in [0.29, 0.717) is 12.6 Å². The van der Waals surface area contributed by atoms with Gasteiger partial charge in [0.2, 0.25) is 0 Å². The molecular formula is C15H20BrN3O. The summed E-state index contributed by atoms with van der Waals surface area (Å²) >= 11 is 3.57. The zero-order chi connectivity index (χ0) is 14.5. The molecule has 5 heteroatoms. The third kappa shape index (κ3) is 3.41. The number of benzene rings is 1. The molecule has 0 amide bonds. The maximum absolute atomic E-state index is 5.26. The highest BCUT2D eigenvalue weighted by atomic mass is 79.9. The molecule has 1 aromatic carbocycles. The molecule has 0 unspecified atom stereocenters. The highest BCUT2D eigenvalue weighted by Crippen LogP contribution is 2.26. The Hall–Kier alpha value is -1.33. The van der Waals surface area contributed by atoms with Crippen LogP contribution in [0, 0.1) is 0 Å². The zero-order valence-corrected chi connectivity index (χ0v) is 13.6. The SMILES string of the molecule is COCc1c(Br)cccc1NCc1cncn1C(C)C. The van der Waals surface area contributed by atoms with Crippen molar-refractivity contribution in [2.24, 2.45) is 0 Å². The van der Waals surface area contributed by atoms with E-state index in [2.05, 4.69) is 50.7 Å². The molecule has 1 aromatic heterocycles. The number of methoxy groups -OCH3 is 1. The predicted octanol–water partition coefficient (Wildman–Crippen LogP) is 3.99. The van der Waals surface area contributed by atoms with E-state index in [1.54, 1.807) is 7.11 Å². The molecule has 20 heavy (non-hydrogen) atoms. The van der Waals surface area contributed by atoms with Gasteiger partial charge in [-0.05, 0) is 26.0 Å². The number of imidazole rings is 1. The Labute approximate surface area is 128 Å². The number of anilines is 1. The molecule has 108 valence electrons. The molecule has 1 N–H and O–H groups in total. The summed E-state index contributed by atoms with van der Waals surface area (Å²) in [6.07, 6.45) is 3.78. The molecule has 0 bridgehead atoms. The van der Waals surface area contributed by atoms with Gasteiger partial charge in [-0.15, -0.1) is 0 Å². The number of halogens is 1. The first-order chi connectivity index (χ1) is 9.63. The maximum Gasteiger partial charge on any atom is 0.0951 e. The molecule has 0 radical (unpaired) electrons. The minimum absolute atomic E-state index is 0.412. The second-order valence-corrected chi connectivity index (χ2v) is 5.79. The largest absolute Gasteiger partial charge is 0.380 e. The van der Waals surface area contributed by atoms with Gasteiger partial charge in [0.05, 0.1) is 25.2 Å². The maximum atomic E-state index is 5.26. The van der Waals surface area contributed by atoms with E-state index in [1.165, 1.54) is 5.69 Å². The van der Waals surface area contributed by atoms with E-state index in [4.69, 9.17) is 4.74 Å². The van der Waals surface area contributed by atoms with Crippen LogP contribution in [0.4, 0.5) is 5.69 Å². The third-order valence-corrected chi connectivity index (χ3v) is 3.91. The summed E-state index contributed by atoms with van der Waals surface area (Å²) in [5.74, 6) is 0. The lowest BCUT2D eigenvalue weighted by Gasteiger charge is -2.15. The number of ether oxygens (including phenoxy) is 1. The summed E-state index contributed by atoms with van der Waals surface area (Å²) in [6.45, 7) is 5.62. The highest BCUT2D eigenvalue weighted by molar-refractivity contribution is 9.10. The van der Waals surface area contributed by atoms with Gasteiger partial charge in [-0.1, -0.05) is 22.0 Å². The van der Waals surface area contributed by atoms with Crippen molar-refractivity contribution in [3.8, 4) is 0 Å². The number of rotatable bonds is 6. The summed E-state index contributed by atoms with van der Waals surface area (Å²) in [5.41, 5.74) is 3.38. The predicted molar refractivity (Wildman–Crippen MR) is 84.8 cm³/mol. The summed E-state index contributed by atoms with van der Waals surface area (Å²) in [6, 6.07) is 6.52. The van der Waals surface area contributed by atoms with E-state index < -0.39 is 0 Å². The molecule has 0 spiro atoms. The van der Waals surface area contributed by atoms with Crippen molar-refractivity contribution in [3.63, 3.8) is 0 Å². The zero-order valence-electron chi connectivity index (χ0n) is 12.1. The van der Waals surface area contributed by atoms with Crippen molar-refractivity contribution >= 4 is 21.6 Å². The fraction of sp³-hybridized carbons (Fsp3) is 0.400. The van der Waals surface area contributed by atoms with Crippen LogP contribution < -0.4 is 5.32 Å². The van der Waals surface area contributed by atoms with Crippen LogP contribution >= 0.6 is 15.9 Å². The lowest BCUT2D eigenvalue weighted by atomic mass is 10.2.